The molecule has 136 valence electrons. The molecule has 0 aromatic heterocycles. The van der Waals surface area contributed by atoms with Crippen molar-refractivity contribution in [2.24, 2.45) is 0 Å². The van der Waals surface area contributed by atoms with E-state index in [1.54, 1.807) is 67.8 Å². The quantitative estimate of drug-likeness (QED) is 0.469. The molecule has 3 rings (SSSR count). The van der Waals surface area contributed by atoms with Crippen LogP contribution < -0.4 is 14.2 Å². The first-order valence-electron chi connectivity index (χ1n) is 8.00. The van der Waals surface area contributed by atoms with Gasteiger partial charge in [-0.25, -0.2) is 9.59 Å². The van der Waals surface area contributed by atoms with Gasteiger partial charge in [0.2, 0.25) is 0 Å². The van der Waals surface area contributed by atoms with Crippen molar-refractivity contribution >= 4 is 23.5 Å². The molecule has 0 aliphatic carbocycles. The maximum atomic E-state index is 12.5. The molecule has 0 atom stereocenters. The fourth-order valence-corrected chi connectivity index (χ4v) is 2.50. The minimum Gasteiger partial charge on any atom is -0.497 e. The lowest BCUT2D eigenvalue weighted by molar-refractivity contribution is 0.0692. The summed E-state index contributed by atoms with van der Waals surface area (Å²) >= 11 is 6.01. The van der Waals surface area contributed by atoms with Crippen molar-refractivity contribution in [1.82, 2.24) is 0 Å². The van der Waals surface area contributed by atoms with Gasteiger partial charge >= 0.3 is 11.9 Å². The molecule has 0 spiro atoms. The monoisotopic (exact) mass is 382 g/mol. The summed E-state index contributed by atoms with van der Waals surface area (Å²) in [7, 11) is 1.54. The maximum absolute atomic E-state index is 12.5. The summed E-state index contributed by atoms with van der Waals surface area (Å²) in [6.45, 7) is 0. The molecule has 0 saturated carbocycles. The molecule has 0 aliphatic rings. The second-order valence-electron chi connectivity index (χ2n) is 5.43. The number of carbonyl (C=O) groups is 2. The van der Waals surface area contributed by atoms with E-state index >= 15 is 0 Å². The van der Waals surface area contributed by atoms with Crippen molar-refractivity contribution in [2.45, 2.75) is 0 Å². The summed E-state index contributed by atoms with van der Waals surface area (Å²) in [6, 6.07) is 19.4. The van der Waals surface area contributed by atoms with Crippen molar-refractivity contribution in [1.29, 1.82) is 0 Å². The van der Waals surface area contributed by atoms with Gasteiger partial charge in [0.25, 0.3) is 0 Å². The highest BCUT2D eigenvalue weighted by atomic mass is 35.5. The Morgan fingerprint density at radius 2 is 1.22 bits per heavy atom. The van der Waals surface area contributed by atoms with Crippen molar-refractivity contribution in [3.63, 3.8) is 0 Å². The van der Waals surface area contributed by atoms with Gasteiger partial charge < -0.3 is 14.2 Å². The Hall–Kier alpha value is -3.31. The van der Waals surface area contributed by atoms with Gasteiger partial charge in [-0.15, -0.1) is 0 Å². The van der Waals surface area contributed by atoms with E-state index in [1.165, 1.54) is 12.1 Å². The molecule has 6 heteroatoms. The van der Waals surface area contributed by atoms with E-state index in [0.717, 1.165) is 0 Å². The average Bonchev–Trinajstić information content (AvgIpc) is 2.70. The standard InChI is InChI=1S/C21H15ClO5/c1-25-14-10-12-15(13-11-14)26-20(23)16-6-2-3-7-17(16)21(24)27-19-9-5-4-8-18(19)22/h2-13H,1H3. The van der Waals surface area contributed by atoms with Crippen LogP contribution in [0, 0.1) is 0 Å². The number of hydrogen-bond donors (Lipinski definition) is 0. The Kier molecular flexibility index (Phi) is 5.74. The Morgan fingerprint density at radius 1 is 0.704 bits per heavy atom. The van der Waals surface area contributed by atoms with Crippen molar-refractivity contribution in [3.05, 3.63) is 88.9 Å². The van der Waals surface area contributed by atoms with Crippen LogP contribution in [0.1, 0.15) is 20.7 Å². The number of hydrogen-bond acceptors (Lipinski definition) is 5. The van der Waals surface area contributed by atoms with E-state index in [2.05, 4.69) is 0 Å². The highest BCUT2D eigenvalue weighted by Gasteiger charge is 2.20. The summed E-state index contributed by atoms with van der Waals surface area (Å²) in [5.41, 5.74) is 0.168. The zero-order valence-electron chi connectivity index (χ0n) is 14.3. The largest absolute Gasteiger partial charge is 0.497 e. The zero-order chi connectivity index (χ0) is 19.2. The van der Waals surface area contributed by atoms with Gasteiger partial charge in [0.1, 0.15) is 17.2 Å². The number of esters is 2. The molecule has 27 heavy (non-hydrogen) atoms. The average molecular weight is 383 g/mol. The summed E-state index contributed by atoms with van der Waals surface area (Å²) in [5, 5.41) is 0.296. The third-order valence-electron chi connectivity index (χ3n) is 3.68. The molecule has 0 saturated heterocycles. The van der Waals surface area contributed by atoms with Crippen LogP contribution >= 0.6 is 11.6 Å². The topological polar surface area (TPSA) is 61.8 Å². The second-order valence-corrected chi connectivity index (χ2v) is 5.84. The molecule has 0 amide bonds. The van der Waals surface area contributed by atoms with E-state index in [9.17, 15) is 9.59 Å². The van der Waals surface area contributed by atoms with Gasteiger partial charge in [0.15, 0.2) is 0 Å². The number of halogens is 1. The van der Waals surface area contributed by atoms with Gasteiger partial charge in [-0.05, 0) is 48.5 Å². The minimum absolute atomic E-state index is 0.0796. The summed E-state index contributed by atoms with van der Waals surface area (Å²) in [5.74, 6) is -0.201. The van der Waals surface area contributed by atoms with E-state index in [1.807, 2.05) is 0 Å². The predicted molar refractivity (Wildman–Crippen MR) is 101 cm³/mol. The molecule has 0 N–H and O–H groups in total. The third kappa shape index (κ3) is 4.46. The minimum atomic E-state index is -0.703. The van der Waals surface area contributed by atoms with Gasteiger partial charge in [0.05, 0.1) is 23.3 Å². The Bertz CT molecular complexity index is 966. The third-order valence-corrected chi connectivity index (χ3v) is 3.99. The molecule has 3 aromatic rings. The highest BCUT2D eigenvalue weighted by molar-refractivity contribution is 6.32. The smallest absolute Gasteiger partial charge is 0.344 e. The van der Waals surface area contributed by atoms with Crippen molar-refractivity contribution in [3.8, 4) is 17.2 Å². The lowest BCUT2D eigenvalue weighted by atomic mass is 10.1. The molecule has 0 unspecified atom stereocenters. The van der Waals surface area contributed by atoms with Crippen LogP contribution in [0.5, 0.6) is 17.2 Å². The maximum Gasteiger partial charge on any atom is 0.344 e. The normalized spacial score (nSPS) is 10.1. The fourth-order valence-electron chi connectivity index (χ4n) is 2.33. The predicted octanol–water partition coefficient (Wildman–Crippen LogP) is 4.79. The molecule has 0 heterocycles. The molecule has 3 aromatic carbocycles. The molecular formula is C21H15ClO5. The Morgan fingerprint density at radius 3 is 1.81 bits per heavy atom. The van der Waals surface area contributed by atoms with Gasteiger partial charge in [-0.3, -0.25) is 0 Å². The lowest BCUT2D eigenvalue weighted by Gasteiger charge is -2.10. The summed E-state index contributed by atoms with van der Waals surface area (Å²) < 4.78 is 15.7. The van der Waals surface area contributed by atoms with E-state index in [4.69, 9.17) is 25.8 Å². The summed E-state index contributed by atoms with van der Waals surface area (Å²) in [6.07, 6.45) is 0. The molecule has 0 bridgehead atoms. The van der Waals surface area contributed by atoms with Crippen LogP contribution in [0.2, 0.25) is 5.02 Å². The SMILES string of the molecule is COc1ccc(OC(=O)c2ccccc2C(=O)Oc2ccccc2Cl)cc1. The van der Waals surface area contributed by atoms with Crippen LogP contribution in [-0.4, -0.2) is 19.0 Å². The number of methoxy groups -OCH3 is 1. The van der Waals surface area contributed by atoms with Crippen LogP contribution in [0.15, 0.2) is 72.8 Å². The first-order valence-corrected chi connectivity index (χ1v) is 8.38. The fraction of sp³-hybridized carbons (Fsp3) is 0.0476. The number of benzene rings is 3. The first kappa shape index (κ1) is 18.5. The molecule has 5 nitrogen and oxygen atoms in total. The zero-order valence-corrected chi connectivity index (χ0v) is 15.1. The first-order chi connectivity index (χ1) is 13.1. The molecule has 0 fully saturated rings. The van der Waals surface area contributed by atoms with E-state index < -0.39 is 11.9 Å². The number of rotatable bonds is 5. The number of carbonyl (C=O) groups excluding carboxylic acids is 2. The Balaban J connectivity index is 1.81. The van der Waals surface area contributed by atoms with Crippen LogP contribution in [-0.2, 0) is 0 Å². The second kappa shape index (κ2) is 8.38. The highest BCUT2D eigenvalue weighted by Crippen LogP contribution is 2.25. The number of para-hydroxylation sites is 1. The van der Waals surface area contributed by atoms with E-state index in [0.29, 0.717) is 16.5 Å². The molecular weight excluding hydrogens is 368 g/mol. The van der Waals surface area contributed by atoms with Gasteiger partial charge in [0, 0.05) is 0 Å². The van der Waals surface area contributed by atoms with Crippen LogP contribution in [0.25, 0.3) is 0 Å². The van der Waals surface area contributed by atoms with Crippen LogP contribution in [0.4, 0.5) is 0 Å². The van der Waals surface area contributed by atoms with E-state index in [-0.39, 0.29) is 16.9 Å². The van der Waals surface area contributed by atoms with Crippen molar-refractivity contribution < 1.29 is 23.8 Å². The van der Waals surface area contributed by atoms with Crippen molar-refractivity contribution in [2.75, 3.05) is 7.11 Å². The summed E-state index contributed by atoms with van der Waals surface area (Å²) in [4.78, 5) is 25.0. The lowest BCUT2D eigenvalue weighted by Crippen LogP contribution is -2.17. The molecule has 0 radical (unpaired) electrons. The Labute approximate surface area is 161 Å². The van der Waals surface area contributed by atoms with Crippen LogP contribution in [0.3, 0.4) is 0 Å². The number of ether oxygens (including phenoxy) is 3. The van der Waals surface area contributed by atoms with Gasteiger partial charge in [-0.2, -0.15) is 0 Å². The van der Waals surface area contributed by atoms with Gasteiger partial charge in [-0.1, -0.05) is 35.9 Å². The molecule has 0 aliphatic heterocycles.